The molecule has 2 nitrogen and oxygen atoms in total. The molecule has 0 spiro atoms. The largest absolute Gasteiger partial charge is 0.505 e. The molecule has 0 atom stereocenters. The van der Waals surface area contributed by atoms with Crippen LogP contribution in [0.3, 0.4) is 0 Å². The SMILES string of the molecule is C/C(=C(/O)C=O)C(C)C. The van der Waals surface area contributed by atoms with Crippen molar-refractivity contribution in [3.8, 4) is 0 Å². The van der Waals surface area contributed by atoms with E-state index in [-0.39, 0.29) is 11.7 Å². The monoisotopic (exact) mass is 128 g/mol. The van der Waals surface area contributed by atoms with Gasteiger partial charge in [-0.05, 0) is 18.4 Å². The Bertz CT molecular complexity index is 134. The van der Waals surface area contributed by atoms with Gasteiger partial charge >= 0.3 is 0 Å². The summed E-state index contributed by atoms with van der Waals surface area (Å²) in [6.45, 7) is 5.60. The number of aldehydes is 1. The molecule has 9 heavy (non-hydrogen) atoms. The molecule has 0 heterocycles. The molecule has 0 aromatic carbocycles. The van der Waals surface area contributed by atoms with Crippen molar-refractivity contribution in [3.63, 3.8) is 0 Å². The topological polar surface area (TPSA) is 37.3 Å². The van der Waals surface area contributed by atoms with Crippen LogP contribution in [0.2, 0.25) is 0 Å². The van der Waals surface area contributed by atoms with E-state index in [9.17, 15) is 4.79 Å². The second-order valence-corrected chi connectivity index (χ2v) is 2.34. The molecule has 0 bridgehead atoms. The van der Waals surface area contributed by atoms with Gasteiger partial charge in [-0.1, -0.05) is 13.8 Å². The van der Waals surface area contributed by atoms with Crippen molar-refractivity contribution < 1.29 is 9.90 Å². The van der Waals surface area contributed by atoms with Crippen LogP contribution in [0.25, 0.3) is 0 Å². The van der Waals surface area contributed by atoms with E-state index in [0.29, 0.717) is 6.29 Å². The van der Waals surface area contributed by atoms with Crippen molar-refractivity contribution in [2.24, 2.45) is 5.92 Å². The van der Waals surface area contributed by atoms with E-state index in [1.54, 1.807) is 6.92 Å². The first kappa shape index (κ1) is 8.21. The van der Waals surface area contributed by atoms with Gasteiger partial charge in [0, 0.05) is 0 Å². The molecule has 2 heteroatoms. The van der Waals surface area contributed by atoms with Gasteiger partial charge in [-0.3, -0.25) is 4.79 Å². The highest BCUT2D eigenvalue weighted by Crippen LogP contribution is 2.09. The molecule has 0 unspecified atom stereocenters. The van der Waals surface area contributed by atoms with Gasteiger partial charge in [0.25, 0.3) is 0 Å². The van der Waals surface area contributed by atoms with Crippen LogP contribution >= 0.6 is 0 Å². The molecule has 0 aromatic rings. The summed E-state index contributed by atoms with van der Waals surface area (Å²) in [5.74, 6) is 0.111. The lowest BCUT2D eigenvalue weighted by atomic mass is 10.0. The maximum absolute atomic E-state index is 9.94. The second kappa shape index (κ2) is 3.28. The zero-order valence-electron chi connectivity index (χ0n) is 6.01. The molecule has 0 radical (unpaired) electrons. The van der Waals surface area contributed by atoms with Crippen LogP contribution in [0.1, 0.15) is 20.8 Å². The average Bonchev–Trinajstić information content (AvgIpc) is 1.84. The fourth-order valence-electron chi connectivity index (χ4n) is 0.389. The fourth-order valence-corrected chi connectivity index (χ4v) is 0.389. The quantitative estimate of drug-likeness (QED) is 0.349. The first-order valence-electron chi connectivity index (χ1n) is 2.94. The number of carbonyl (C=O) groups excluding carboxylic acids is 1. The lowest BCUT2D eigenvalue weighted by Crippen LogP contribution is -1.95. The van der Waals surface area contributed by atoms with Gasteiger partial charge in [0.05, 0.1) is 0 Å². The Morgan fingerprint density at radius 2 is 2.00 bits per heavy atom. The maximum atomic E-state index is 9.94. The molecule has 0 rings (SSSR count). The van der Waals surface area contributed by atoms with E-state index in [0.717, 1.165) is 5.57 Å². The molecule has 0 aliphatic rings. The first-order chi connectivity index (χ1) is 4.09. The van der Waals surface area contributed by atoms with Crippen LogP contribution < -0.4 is 0 Å². The molecular weight excluding hydrogens is 116 g/mol. The Balaban J connectivity index is 4.27. The van der Waals surface area contributed by atoms with Crippen molar-refractivity contribution in [2.45, 2.75) is 20.8 Å². The number of hydrogen-bond donors (Lipinski definition) is 1. The molecular formula is C7H12O2. The zero-order chi connectivity index (χ0) is 7.44. The van der Waals surface area contributed by atoms with Crippen LogP contribution in [-0.4, -0.2) is 11.4 Å². The third kappa shape index (κ3) is 2.31. The highest BCUT2D eigenvalue weighted by molar-refractivity contribution is 5.70. The summed E-state index contributed by atoms with van der Waals surface area (Å²) >= 11 is 0. The van der Waals surface area contributed by atoms with Gasteiger partial charge in [0.2, 0.25) is 0 Å². The van der Waals surface area contributed by atoms with Gasteiger partial charge in [0.1, 0.15) is 0 Å². The molecule has 0 amide bonds. The van der Waals surface area contributed by atoms with Gasteiger partial charge in [0.15, 0.2) is 12.0 Å². The van der Waals surface area contributed by atoms with Crippen LogP contribution in [-0.2, 0) is 4.79 Å². The normalized spacial score (nSPS) is 13.3. The minimum atomic E-state index is -0.134. The highest BCUT2D eigenvalue weighted by atomic mass is 16.3. The predicted molar refractivity (Wildman–Crippen MR) is 36.2 cm³/mol. The number of aliphatic hydroxyl groups is 1. The second-order valence-electron chi connectivity index (χ2n) is 2.34. The van der Waals surface area contributed by atoms with E-state index >= 15 is 0 Å². The molecule has 52 valence electrons. The Hall–Kier alpha value is -0.790. The van der Waals surface area contributed by atoms with Crippen molar-refractivity contribution >= 4 is 6.29 Å². The smallest absolute Gasteiger partial charge is 0.184 e. The predicted octanol–water partition coefficient (Wildman–Crippen LogP) is 1.67. The Kier molecular flexibility index (Phi) is 2.99. The van der Waals surface area contributed by atoms with E-state index in [4.69, 9.17) is 5.11 Å². The molecule has 0 aromatic heterocycles. The maximum Gasteiger partial charge on any atom is 0.184 e. The summed E-state index contributed by atoms with van der Waals surface area (Å²) in [7, 11) is 0. The number of carbonyl (C=O) groups is 1. The van der Waals surface area contributed by atoms with Crippen molar-refractivity contribution in [1.29, 1.82) is 0 Å². The van der Waals surface area contributed by atoms with Crippen molar-refractivity contribution in [2.75, 3.05) is 0 Å². The summed E-state index contributed by atoms with van der Waals surface area (Å²) in [6, 6.07) is 0. The summed E-state index contributed by atoms with van der Waals surface area (Å²) in [5.41, 5.74) is 0.741. The summed E-state index contributed by atoms with van der Waals surface area (Å²) < 4.78 is 0. The van der Waals surface area contributed by atoms with E-state index in [1.165, 1.54) is 0 Å². The minimum absolute atomic E-state index is 0.134. The number of allylic oxidation sites excluding steroid dienone is 2. The van der Waals surface area contributed by atoms with Crippen LogP contribution in [0.15, 0.2) is 11.3 Å². The van der Waals surface area contributed by atoms with E-state index in [2.05, 4.69) is 0 Å². The lowest BCUT2D eigenvalue weighted by molar-refractivity contribution is -0.107. The van der Waals surface area contributed by atoms with E-state index in [1.807, 2.05) is 13.8 Å². The van der Waals surface area contributed by atoms with Gasteiger partial charge in [-0.25, -0.2) is 0 Å². The van der Waals surface area contributed by atoms with Gasteiger partial charge in [-0.15, -0.1) is 0 Å². The van der Waals surface area contributed by atoms with Crippen LogP contribution in [0.5, 0.6) is 0 Å². The highest BCUT2D eigenvalue weighted by Gasteiger charge is 2.01. The molecule has 1 N–H and O–H groups in total. The van der Waals surface area contributed by atoms with Crippen molar-refractivity contribution in [3.05, 3.63) is 11.3 Å². The third-order valence-electron chi connectivity index (χ3n) is 1.38. The van der Waals surface area contributed by atoms with Crippen LogP contribution in [0.4, 0.5) is 0 Å². The number of rotatable bonds is 2. The summed E-state index contributed by atoms with van der Waals surface area (Å²) in [5, 5.41) is 8.81. The standard InChI is InChI=1S/C7H12O2/c1-5(2)6(3)7(9)4-8/h4-5,9H,1-3H3/b7-6-. The van der Waals surface area contributed by atoms with Crippen molar-refractivity contribution in [1.82, 2.24) is 0 Å². The Morgan fingerprint density at radius 3 is 2.11 bits per heavy atom. The average molecular weight is 128 g/mol. The zero-order valence-corrected chi connectivity index (χ0v) is 6.01. The summed E-state index contributed by atoms with van der Waals surface area (Å²) in [4.78, 5) is 9.94. The fraction of sp³-hybridized carbons (Fsp3) is 0.571. The molecule has 0 saturated carbocycles. The van der Waals surface area contributed by atoms with Crippen LogP contribution in [0, 0.1) is 5.92 Å². The first-order valence-corrected chi connectivity index (χ1v) is 2.94. The molecule has 0 aliphatic heterocycles. The summed E-state index contributed by atoms with van der Waals surface area (Å²) in [6.07, 6.45) is 0.468. The molecule has 0 aliphatic carbocycles. The lowest BCUT2D eigenvalue weighted by Gasteiger charge is -2.03. The third-order valence-corrected chi connectivity index (χ3v) is 1.38. The molecule has 0 fully saturated rings. The minimum Gasteiger partial charge on any atom is -0.505 e. The van der Waals surface area contributed by atoms with E-state index < -0.39 is 0 Å². The van der Waals surface area contributed by atoms with Gasteiger partial charge < -0.3 is 5.11 Å². The van der Waals surface area contributed by atoms with Gasteiger partial charge in [-0.2, -0.15) is 0 Å². The number of hydrogen-bond acceptors (Lipinski definition) is 2. The Labute approximate surface area is 55.2 Å². The Morgan fingerprint density at radius 1 is 1.56 bits per heavy atom. The molecule has 0 saturated heterocycles. The number of aliphatic hydroxyl groups excluding tert-OH is 1.